The highest BCUT2D eigenvalue weighted by atomic mass is 32.2. The van der Waals surface area contributed by atoms with E-state index in [0.717, 1.165) is 12.8 Å². The van der Waals surface area contributed by atoms with Gasteiger partial charge in [0.05, 0.1) is 10.6 Å². The fourth-order valence-electron chi connectivity index (χ4n) is 4.03. The number of fused-ring (bicyclic) bond motifs is 1. The van der Waals surface area contributed by atoms with Crippen molar-refractivity contribution >= 4 is 27.5 Å². The van der Waals surface area contributed by atoms with E-state index in [1.165, 1.54) is 21.3 Å². The maximum atomic E-state index is 13.3. The minimum absolute atomic E-state index is 0.0112. The van der Waals surface area contributed by atoms with Gasteiger partial charge in [0.15, 0.2) is 6.61 Å². The molecule has 166 valence electrons. The summed E-state index contributed by atoms with van der Waals surface area (Å²) in [5.74, 6) is 0.290. The van der Waals surface area contributed by atoms with Crippen molar-refractivity contribution in [3.8, 4) is 5.75 Å². The van der Waals surface area contributed by atoms with Crippen molar-refractivity contribution in [3.05, 3.63) is 18.2 Å². The Kier molecular flexibility index (Phi) is 6.71. The number of hydrogen-bond donors (Lipinski definition) is 1. The highest BCUT2D eigenvalue weighted by molar-refractivity contribution is 7.89. The predicted molar refractivity (Wildman–Crippen MR) is 114 cm³/mol. The molecule has 1 fully saturated rings. The number of nitrogens with zero attached hydrogens (tertiary/aromatic N) is 2. The lowest BCUT2D eigenvalue weighted by molar-refractivity contribution is -0.125. The molecule has 0 saturated carbocycles. The molecule has 0 bridgehead atoms. The third-order valence-corrected chi connectivity index (χ3v) is 7.50. The SMILES string of the molecule is CC[C@@H](C)NC(=O)CN1C(=O)COc2ccc(S(=O)(=O)N3C[C@H](C)C[C@H](C)C3)cc21. The predicted octanol–water partition coefficient (Wildman–Crippen LogP) is 1.99. The van der Waals surface area contributed by atoms with Gasteiger partial charge in [-0.05, 0) is 49.8 Å². The molecule has 2 aliphatic rings. The first-order chi connectivity index (χ1) is 14.1. The Morgan fingerprint density at radius 3 is 2.57 bits per heavy atom. The van der Waals surface area contributed by atoms with Crippen LogP contribution in [0.4, 0.5) is 5.69 Å². The van der Waals surface area contributed by atoms with Gasteiger partial charge < -0.3 is 10.1 Å². The number of anilines is 1. The minimum atomic E-state index is -3.71. The molecule has 1 N–H and O–H groups in total. The lowest BCUT2D eigenvalue weighted by Crippen LogP contribution is -2.47. The van der Waals surface area contributed by atoms with Crippen LogP contribution >= 0.6 is 0 Å². The first kappa shape index (κ1) is 22.6. The van der Waals surface area contributed by atoms with Gasteiger partial charge in [-0.1, -0.05) is 20.8 Å². The van der Waals surface area contributed by atoms with Gasteiger partial charge in [-0.15, -0.1) is 0 Å². The highest BCUT2D eigenvalue weighted by Gasteiger charge is 2.34. The number of benzene rings is 1. The van der Waals surface area contributed by atoms with Crippen molar-refractivity contribution < 1.29 is 22.7 Å². The van der Waals surface area contributed by atoms with E-state index in [-0.39, 0.29) is 47.7 Å². The topological polar surface area (TPSA) is 96.0 Å². The molecule has 3 atom stereocenters. The van der Waals surface area contributed by atoms with Crippen LogP contribution in [0.5, 0.6) is 5.75 Å². The molecule has 9 heteroatoms. The van der Waals surface area contributed by atoms with E-state index in [0.29, 0.717) is 24.5 Å². The molecule has 0 unspecified atom stereocenters. The molecule has 1 saturated heterocycles. The van der Waals surface area contributed by atoms with E-state index in [2.05, 4.69) is 19.2 Å². The molecule has 8 nitrogen and oxygen atoms in total. The number of ether oxygens (including phenoxy) is 1. The largest absolute Gasteiger partial charge is 0.482 e. The van der Waals surface area contributed by atoms with E-state index < -0.39 is 10.0 Å². The molecule has 1 aromatic rings. The van der Waals surface area contributed by atoms with Gasteiger partial charge in [0.2, 0.25) is 15.9 Å². The molecule has 1 aromatic carbocycles. The highest BCUT2D eigenvalue weighted by Crippen LogP contribution is 2.36. The summed E-state index contributed by atoms with van der Waals surface area (Å²) in [4.78, 5) is 26.2. The number of nitrogens with one attached hydrogen (secondary N) is 1. The van der Waals surface area contributed by atoms with E-state index in [9.17, 15) is 18.0 Å². The maximum Gasteiger partial charge on any atom is 0.265 e. The van der Waals surface area contributed by atoms with Crippen LogP contribution in [0.1, 0.15) is 40.5 Å². The summed E-state index contributed by atoms with van der Waals surface area (Å²) in [6.45, 7) is 8.53. The zero-order chi connectivity index (χ0) is 22.1. The number of hydrogen-bond acceptors (Lipinski definition) is 5. The zero-order valence-corrected chi connectivity index (χ0v) is 18.9. The van der Waals surface area contributed by atoms with Gasteiger partial charge in [-0.2, -0.15) is 4.31 Å². The van der Waals surface area contributed by atoms with Crippen molar-refractivity contribution in [1.29, 1.82) is 0 Å². The summed E-state index contributed by atoms with van der Waals surface area (Å²) in [6.07, 6.45) is 1.77. The molecular formula is C21H31N3O5S. The summed E-state index contributed by atoms with van der Waals surface area (Å²) in [5.41, 5.74) is 0.310. The third-order valence-electron chi connectivity index (χ3n) is 5.67. The van der Waals surface area contributed by atoms with E-state index in [1.54, 1.807) is 6.07 Å². The smallest absolute Gasteiger partial charge is 0.265 e. The Labute approximate surface area is 178 Å². The number of piperidine rings is 1. The number of carbonyl (C=O) groups is 2. The van der Waals surface area contributed by atoms with Crippen LogP contribution in [0.25, 0.3) is 0 Å². The molecule has 0 radical (unpaired) electrons. The van der Waals surface area contributed by atoms with E-state index >= 15 is 0 Å². The fourth-order valence-corrected chi connectivity index (χ4v) is 5.73. The Bertz CT molecular complexity index is 907. The Morgan fingerprint density at radius 2 is 1.93 bits per heavy atom. The quantitative estimate of drug-likeness (QED) is 0.734. The second-order valence-electron chi connectivity index (χ2n) is 8.54. The van der Waals surface area contributed by atoms with Crippen molar-refractivity contribution in [2.45, 2.75) is 51.5 Å². The van der Waals surface area contributed by atoms with Crippen LogP contribution in [0, 0.1) is 11.8 Å². The van der Waals surface area contributed by atoms with Crippen LogP contribution in [0.2, 0.25) is 0 Å². The van der Waals surface area contributed by atoms with Gasteiger partial charge in [-0.25, -0.2) is 8.42 Å². The first-order valence-corrected chi connectivity index (χ1v) is 11.9. The van der Waals surface area contributed by atoms with E-state index in [4.69, 9.17) is 4.74 Å². The standard InChI is InChI=1S/C21H31N3O5S/c1-5-16(4)22-20(25)12-24-18-9-17(6-7-19(18)29-13-21(24)26)30(27,28)23-10-14(2)8-15(3)11-23/h6-7,9,14-16H,5,8,10-13H2,1-4H3,(H,22,25)/t14-,15+,16-/m1/s1. The third kappa shape index (κ3) is 4.78. The maximum absolute atomic E-state index is 13.3. The normalized spacial score (nSPS) is 23.5. The van der Waals surface area contributed by atoms with Crippen LogP contribution in [-0.2, 0) is 19.6 Å². The number of sulfonamides is 1. The Balaban J connectivity index is 1.89. The van der Waals surface area contributed by atoms with Gasteiger partial charge >= 0.3 is 0 Å². The average molecular weight is 438 g/mol. The van der Waals surface area contributed by atoms with Crippen LogP contribution in [0.15, 0.2) is 23.1 Å². The number of carbonyl (C=O) groups excluding carboxylic acids is 2. The molecule has 0 aliphatic carbocycles. The van der Waals surface area contributed by atoms with E-state index in [1.807, 2.05) is 13.8 Å². The second kappa shape index (κ2) is 8.93. The molecule has 2 amide bonds. The second-order valence-corrected chi connectivity index (χ2v) is 10.5. The summed E-state index contributed by atoms with van der Waals surface area (Å²) in [5, 5.41) is 2.83. The summed E-state index contributed by atoms with van der Waals surface area (Å²) < 4.78 is 33.5. The van der Waals surface area contributed by atoms with Crippen molar-refractivity contribution in [1.82, 2.24) is 9.62 Å². The van der Waals surface area contributed by atoms with Crippen molar-refractivity contribution in [3.63, 3.8) is 0 Å². The molecule has 30 heavy (non-hydrogen) atoms. The van der Waals surface area contributed by atoms with Gasteiger partial charge in [0, 0.05) is 19.1 Å². The molecule has 2 heterocycles. The van der Waals surface area contributed by atoms with Gasteiger partial charge in [0.25, 0.3) is 5.91 Å². The Hall–Kier alpha value is -2.13. The average Bonchev–Trinajstić information content (AvgIpc) is 2.68. The Morgan fingerprint density at radius 1 is 1.27 bits per heavy atom. The molecule has 0 spiro atoms. The van der Waals surface area contributed by atoms with Gasteiger partial charge in [-0.3, -0.25) is 14.5 Å². The number of amides is 2. The van der Waals surface area contributed by atoms with Crippen molar-refractivity contribution in [2.75, 3.05) is 31.1 Å². The molecule has 2 aliphatic heterocycles. The molecule has 3 rings (SSSR count). The zero-order valence-electron chi connectivity index (χ0n) is 18.1. The first-order valence-electron chi connectivity index (χ1n) is 10.5. The lowest BCUT2D eigenvalue weighted by atomic mass is 9.94. The van der Waals surface area contributed by atoms with Crippen molar-refractivity contribution in [2.24, 2.45) is 11.8 Å². The monoisotopic (exact) mass is 437 g/mol. The number of rotatable bonds is 6. The van der Waals surface area contributed by atoms with Crippen LogP contribution < -0.4 is 15.0 Å². The van der Waals surface area contributed by atoms with Gasteiger partial charge in [0.1, 0.15) is 12.3 Å². The van der Waals surface area contributed by atoms with Crippen LogP contribution in [0.3, 0.4) is 0 Å². The fraction of sp³-hybridized carbons (Fsp3) is 0.619. The minimum Gasteiger partial charge on any atom is -0.482 e. The summed E-state index contributed by atoms with van der Waals surface area (Å²) in [6, 6.07) is 4.50. The van der Waals surface area contributed by atoms with Crippen LogP contribution in [-0.4, -0.2) is 56.8 Å². The molecular weight excluding hydrogens is 406 g/mol. The summed E-state index contributed by atoms with van der Waals surface area (Å²) in [7, 11) is -3.71. The lowest BCUT2D eigenvalue weighted by Gasteiger charge is -2.34. The summed E-state index contributed by atoms with van der Waals surface area (Å²) >= 11 is 0. The molecule has 0 aromatic heterocycles.